The van der Waals surface area contributed by atoms with E-state index in [1.807, 2.05) is 6.92 Å². The fraction of sp³-hybridized carbons (Fsp3) is 0.900. The zero-order valence-electron chi connectivity index (χ0n) is 10.0. The average Bonchev–Trinajstić information content (AvgIpc) is 2.22. The maximum Gasteiger partial charge on any atom is 0.317 e. The Bertz CT molecular complexity index is 195. The number of amides is 2. The van der Waals surface area contributed by atoms with Crippen molar-refractivity contribution < 1.29 is 14.6 Å². The second-order valence-corrected chi connectivity index (χ2v) is 3.91. The van der Waals surface area contributed by atoms with E-state index >= 15 is 0 Å². The Morgan fingerprint density at radius 2 is 2.20 bits per heavy atom. The van der Waals surface area contributed by atoms with Crippen LogP contribution in [0.1, 0.15) is 20.3 Å². The molecule has 0 bridgehead atoms. The third-order valence-corrected chi connectivity index (χ3v) is 2.29. The normalized spacial score (nSPS) is 14.5. The van der Waals surface area contributed by atoms with Crippen molar-refractivity contribution in [1.82, 2.24) is 10.2 Å². The van der Waals surface area contributed by atoms with Gasteiger partial charge in [-0.05, 0) is 13.8 Å². The zero-order chi connectivity index (χ0) is 11.9. The fourth-order valence-corrected chi connectivity index (χ4v) is 0.955. The Balaban J connectivity index is 3.86. The summed E-state index contributed by atoms with van der Waals surface area (Å²) in [6.45, 7) is 4.93. The minimum atomic E-state index is -0.916. The lowest BCUT2D eigenvalue weighted by atomic mass is 10.0. The Kier molecular flexibility index (Phi) is 6.27. The van der Waals surface area contributed by atoms with Crippen LogP contribution < -0.4 is 5.32 Å². The monoisotopic (exact) mass is 218 g/mol. The number of carbonyl (C=O) groups is 1. The van der Waals surface area contributed by atoms with Gasteiger partial charge in [0.1, 0.15) is 0 Å². The number of rotatable bonds is 6. The van der Waals surface area contributed by atoms with Gasteiger partial charge in [-0.2, -0.15) is 0 Å². The van der Waals surface area contributed by atoms with Crippen molar-refractivity contribution in [3.05, 3.63) is 0 Å². The molecule has 0 rings (SSSR count). The van der Waals surface area contributed by atoms with Gasteiger partial charge < -0.3 is 20.1 Å². The van der Waals surface area contributed by atoms with Gasteiger partial charge in [-0.3, -0.25) is 0 Å². The standard InChI is InChI=1S/C10H22N2O3/c1-5-12(3)9(13)11-8-10(2,14)6-7-15-4/h14H,5-8H2,1-4H3,(H,11,13). The van der Waals surface area contributed by atoms with Crippen LogP contribution in [0.5, 0.6) is 0 Å². The molecule has 0 spiro atoms. The van der Waals surface area contributed by atoms with E-state index < -0.39 is 5.60 Å². The van der Waals surface area contributed by atoms with Gasteiger partial charge in [0.05, 0.1) is 5.60 Å². The minimum Gasteiger partial charge on any atom is -0.388 e. The van der Waals surface area contributed by atoms with E-state index in [0.29, 0.717) is 19.6 Å². The van der Waals surface area contributed by atoms with E-state index in [-0.39, 0.29) is 12.6 Å². The third kappa shape index (κ3) is 6.30. The van der Waals surface area contributed by atoms with Gasteiger partial charge in [-0.15, -0.1) is 0 Å². The van der Waals surface area contributed by atoms with E-state index in [1.165, 1.54) is 0 Å². The zero-order valence-corrected chi connectivity index (χ0v) is 10.0. The predicted octanol–water partition coefficient (Wildman–Crippen LogP) is 0.435. The molecule has 0 aliphatic heterocycles. The van der Waals surface area contributed by atoms with Crippen LogP contribution in [0.2, 0.25) is 0 Å². The van der Waals surface area contributed by atoms with E-state index in [2.05, 4.69) is 5.32 Å². The lowest BCUT2D eigenvalue weighted by Crippen LogP contribution is -2.45. The molecule has 0 saturated carbocycles. The number of nitrogens with one attached hydrogen (secondary N) is 1. The summed E-state index contributed by atoms with van der Waals surface area (Å²) < 4.78 is 4.87. The highest BCUT2D eigenvalue weighted by atomic mass is 16.5. The van der Waals surface area contributed by atoms with Gasteiger partial charge in [0.15, 0.2) is 0 Å². The summed E-state index contributed by atoms with van der Waals surface area (Å²) in [6, 6.07) is -0.171. The number of methoxy groups -OCH3 is 1. The van der Waals surface area contributed by atoms with Crippen LogP contribution >= 0.6 is 0 Å². The lowest BCUT2D eigenvalue weighted by Gasteiger charge is -2.25. The van der Waals surface area contributed by atoms with E-state index in [4.69, 9.17) is 4.74 Å². The van der Waals surface area contributed by atoms with Crippen LogP contribution in [0.3, 0.4) is 0 Å². The van der Waals surface area contributed by atoms with Crippen molar-refractivity contribution in [3.63, 3.8) is 0 Å². The first kappa shape index (κ1) is 14.2. The van der Waals surface area contributed by atoms with Crippen molar-refractivity contribution >= 4 is 6.03 Å². The number of hydrogen-bond acceptors (Lipinski definition) is 3. The van der Waals surface area contributed by atoms with Crippen LogP contribution in [0.15, 0.2) is 0 Å². The van der Waals surface area contributed by atoms with Gasteiger partial charge in [0.25, 0.3) is 0 Å². The summed E-state index contributed by atoms with van der Waals surface area (Å²) in [4.78, 5) is 12.9. The second-order valence-electron chi connectivity index (χ2n) is 3.91. The summed E-state index contributed by atoms with van der Waals surface area (Å²) in [5.74, 6) is 0. The van der Waals surface area contributed by atoms with Gasteiger partial charge in [-0.25, -0.2) is 4.79 Å². The number of aliphatic hydroxyl groups is 1. The van der Waals surface area contributed by atoms with Crippen molar-refractivity contribution in [2.45, 2.75) is 25.9 Å². The molecule has 0 aromatic carbocycles. The highest BCUT2D eigenvalue weighted by Gasteiger charge is 2.21. The average molecular weight is 218 g/mol. The molecule has 1 unspecified atom stereocenters. The minimum absolute atomic E-state index is 0.171. The molecule has 0 radical (unpaired) electrons. The van der Waals surface area contributed by atoms with Crippen molar-refractivity contribution in [3.8, 4) is 0 Å². The molecule has 0 aliphatic rings. The Hall–Kier alpha value is -0.810. The van der Waals surface area contributed by atoms with Gasteiger partial charge in [0, 0.05) is 40.3 Å². The molecule has 0 fully saturated rings. The summed E-state index contributed by atoms with van der Waals surface area (Å²) in [5.41, 5.74) is -0.916. The molecule has 0 heterocycles. The first-order chi connectivity index (χ1) is 6.93. The van der Waals surface area contributed by atoms with Crippen LogP contribution in [0, 0.1) is 0 Å². The van der Waals surface area contributed by atoms with Crippen molar-refractivity contribution in [1.29, 1.82) is 0 Å². The molecular weight excluding hydrogens is 196 g/mol. The topological polar surface area (TPSA) is 61.8 Å². The molecule has 2 amide bonds. The Morgan fingerprint density at radius 3 is 2.67 bits per heavy atom. The number of nitrogens with zero attached hydrogens (tertiary/aromatic N) is 1. The van der Waals surface area contributed by atoms with E-state index in [1.54, 1.807) is 26.0 Å². The quantitative estimate of drug-likeness (QED) is 0.680. The molecule has 0 aliphatic carbocycles. The Morgan fingerprint density at radius 1 is 1.60 bits per heavy atom. The van der Waals surface area contributed by atoms with E-state index in [0.717, 1.165) is 0 Å². The van der Waals surface area contributed by atoms with Crippen molar-refractivity contribution in [2.24, 2.45) is 0 Å². The summed E-state index contributed by atoms with van der Waals surface area (Å²) in [7, 11) is 3.29. The van der Waals surface area contributed by atoms with Gasteiger partial charge >= 0.3 is 6.03 Å². The predicted molar refractivity (Wildman–Crippen MR) is 58.8 cm³/mol. The first-order valence-electron chi connectivity index (χ1n) is 5.13. The molecule has 0 saturated heterocycles. The van der Waals surface area contributed by atoms with Crippen LogP contribution in [0.4, 0.5) is 4.79 Å². The SMILES string of the molecule is CCN(C)C(=O)NCC(C)(O)CCOC. The first-order valence-corrected chi connectivity index (χ1v) is 5.13. The van der Waals surface area contributed by atoms with Crippen LogP contribution in [-0.4, -0.2) is 55.5 Å². The molecule has 15 heavy (non-hydrogen) atoms. The summed E-state index contributed by atoms with van der Waals surface area (Å²) >= 11 is 0. The van der Waals surface area contributed by atoms with Crippen LogP contribution in [-0.2, 0) is 4.74 Å². The molecule has 5 nitrogen and oxygen atoms in total. The molecule has 2 N–H and O–H groups in total. The maximum absolute atomic E-state index is 11.4. The summed E-state index contributed by atoms with van der Waals surface area (Å²) in [6.07, 6.45) is 0.500. The molecule has 0 aromatic rings. The van der Waals surface area contributed by atoms with E-state index in [9.17, 15) is 9.90 Å². The molecule has 1 atom stereocenters. The second kappa shape index (κ2) is 6.63. The largest absolute Gasteiger partial charge is 0.388 e. The number of hydrogen-bond donors (Lipinski definition) is 2. The Labute approximate surface area is 91.4 Å². The summed E-state index contributed by atoms with van der Waals surface area (Å²) in [5, 5.41) is 12.5. The highest BCUT2D eigenvalue weighted by molar-refractivity contribution is 5.73. The maximum atomic E-state index is 11.4. The smallest absolute Gasteiger partial charge is 0.317 e. The molecule has 5 heteroatoms. The number of ether oxygens (including phenoxy) is 1. The molecule has 90 valence electrons. The third-order valence-electron chi connectivity index (χ3n) is 2.29. The van der Waals surface area contributed by atoms with Gasteiger partial charge in [0.2, 0.25) is 0 Å². The fourth-order valence-electron chi connectivity index (χ4n) is 0.955. The highest BCUT2D eigenvalue weighted by Crippen LogP contribution is 2.07. The van der Waals surface area contributed by atoms with Crippen molar-refractivity contribution in [2.75, 3.05) is 33.9 Å². The molecule has 0 aromatic heterocycles. The number of carbonyl (C=O) groups excluding carboxylic acids is 1. The van der Waals surface area contributed by atoms with Crippen LogP contribution in [0.25, 0.3) is 0 Å². The molecular formula is C10H22N2O3. The lowest BCUT2D eigenvalue weighted by molar-refractivity contribution is 0.0261. The van der Waals surface area contributed by atoms with Gasteiger partial charge in [-0.1, -0.05) is 0 Å². The number of urea groups is 1.